The standard InChI is InChI=1S/C19H17NO4S.C18H21NO4S/c1-20(2)18(21)17-16(14-5-3-4-6-15(14)25-17)24-11-12-7-9-13(10-8-12)19(22)23;20-15(21)11-23-16-13-8-4-5-9-14(13)24-17(16)18(22)19-10-12-6-2-1-3-7-12/h3-10H,11H2,1-2H3,(H,22,23);4-5,8-9,12H,1-3,6-7,10-11H2,(H,19,22)(H,20,21). The molecule has 0 saturated heterocycles. The van der Waals surface area contributed by atoms with Gasteiger partial charge in [-0.25, -0.2) is 9.59 Å². The summed E-state index contributed by atoms with van der Waals surface area (Å²) in [6.45, 7) is 0.476. The Morgan fingerprint density at radius 2 is 1.35 bits per heavy atom. The summed E-state index contributed by atoms with van der Waals surface area (Å²) in [5.74, 6) is -0.810. The number of carboxylic acid groups (broad SMARTS) is 2. The molecule has 3 aromatic carbocycles. The van der Waals surface area contributed by atoms with Crippen LogP contribution in [0.15, 0.2) is 72.8 Å². The molecule has 256 valence electrons. The third-order valence-corrected chi connectivity index (χ3v) is 10.4. The van der Waals surface area contributed by atoms with Crippen molar-refractivity contribution in [2.75, 3.05) is 27.2 Å². The summed E-state index contributed by atoms with van der Waals surface area (Å²) in [6.07, 6.45) is 6.07. The van der Waals surface area contributed by atoms with E-state index in [0.29, 0.717) is 33.7 Å². The average Bonchev–Trinajstić information content (AvgIpc) is 3.67. The molecule has 2 aromatic heterocycles. The first-order chi connectivity index (χ1) is 23.6. The summed E-state index contributed by atoms with van der Waals surface area (Å²) in [4.78, 5) is 49.3. The van der Waals surface area contributed by atoms with Crippen LogP contribution in [0.2, 0.25) is 0 Å². The van der Waals surface area contributed by atoms with Crippen LogP contribution in [0.4, 0.5) is 0 Å². The van der Waals surface area contributed by atoms with Crippen LogP contribution in [0.5, 0.6) is 11.5 Å². The van der Waals surface area contributed by atoms with Crippen LogP contribution in [0.3, 0.4) is 0 Å². The van der Waals surface area contributed by atoms with Gasteiger partial charge in [-0.15, -0.1) is 22.7 Å². The Morgan fingerprint density at radius 3 is 1.92 bits per heavy atom. The van der Waals surface area contributed by atoms with E-state index in [1.807, 2.05) is 48.5 Å². The van der Waals surface area contributed by atoms with Crippen molar-refractivity contribution in [1.29, 1.82) is 0 Å². The summed E-state index contributed by atoms with van der Waals surface area (Å²) < 4.78 is 13.3. The quantitative estimate of drug-likeness (QED) is 0.128. The van der Waals surface area contributed by atoms with Crippen molar-refractivity contribution in [2.45, 2.75) is 38.7 Å². The zero-order valence-electron chi connectivity index (χ0n) is 27.3. The van der Waals surface area contributed by atoms with E-state index in [-0.39, 0.29) is 24.0 Å². The Bertz CT molecular complexity index is 1940. The minimum absolute atomic E-state index is 0.0996. The van der Waals surface area contributed by atoms with Gasteiger partial charge in [0.2, 0.25) is 0 Å². The van der Waals surface area contributed by atoms with E-state index in [4.69, 9.17) is 19.7 Å². The largest absolute Gasteiger partial charge is 0.487 e. The molecule has 0 bridgehead atoms. The molecular formula is C37H38N2O8S2. The third kappa shape index (κ3) is 8.95. The highest BCUT2D eigenvalue weighted by Gasteiger charge is 2.23. The molecule has 5 aromatic rings. The minimum Gasteiger partial charge on any atom is -0.487 e. The lowest BCUT2D eigenvalue weighted by atomic mass is 9.89. The molecule has 1 fully saturated rings. The van der Waals surface area contributed by atoms with Gasteiger partial charge in [-0.05, 0) is 60.7 Å². The molecule has 2 amide bonds. The first kappa shape index (κ1) is 35.4. The number of aromatic carboxylic acids is 1. The Kier molecular flexibility index (Phi) is 11.9. The fraction of sp³-hybridized carbons (Fsp3) is 0.297. The van der Waals surface area contributed by atoms with Crippen LogP contribution in [0.1, 0.15) is 67.4 Å². The predicted octanol–water partition coefficient (Wildman–Crippen LogP) is 7.56. The number of aliphatic carboxylic acids is 1. The minimum atomic E-state index is -1.06. The second kappa shape index (κ2) is 16.4. The number of nitrogens with one attached hydrogen (secondary N) is 1. The van der Waals surface area contributed by atoms with Gasteiger partial charge in [-0.3, -0.25) is 9.59 Å². The van der Waals surface area contributed by atoms with Gasteiger partial charge < -0.3 is 29.9 Å². The lowest BCUT2D eigenvalue weighted by Crippen LogP contribution is -2.30. The molecule has 0 aliphatic heterocycles. The number of benzene rings is 3. The highest BCUT2D eigenvalue weighted by Crippen LogP contribution is 2.39. The molecule has 1 saturated carbocycles. The molecule has 49 heavy (non-hydrogen) atoms. The van der Waals surface area contributed by atoms with Crippen LogP contribution >= 0.6 is 22.7 Å². The van der Waals surface area contributed by atoms with E-state index in [2.05, 4.69) is 5.32 Å². The predicted molar refractivity (Wildman–Crippen MR) is 191 cm³/mol. The maximum atomic E-state index is 12.6. The summed E-state index contributed by atoms with van der Waals surface area (Å²) >= 11 is 2.75. The van der Waals surface area contributed by atoms with Crippen molar-refractivity contribution in [3.05, 3.63) is 93.7 Å². The second-order valence-electron chi connectivity index (χ2n) is 11.9. The van der Waals surface area contributed by atoms with Crippen molar-refractivity contribution in [3.63, 3.8) is 0 Å². The van der Waals surface area contributed by atoms with Gasteiger partial charge in [0.15, 0.2) is 18.1 Å². The van der Waals surface area contributed by atoms with Crippen LogP contribution in [0, 0.1) is 5.92 Å². The number of rotatable bonds is 11. The Morgan fingerprint density at radius 1 is 0.776 bits per heavy atom. The topological polar surface area (TPSA) is 142 Å². The number of hydrogen-bond donors (Lipinski definition) is 3. The molecular weight excluding hydrogens is 665 g/mol. The Hall–Kier alpha value is -4.94. The van der Waals surface area contributed by atoms with E-state index in [0.717, 1.165) is 38.6 Å². The summed E-state index contributed by atoms with van der Waals surface area (Å²) in [5, 5.41) is 22.5. The van der Waals surface area contributed by atoms with Gasteiger partial charge in [0.25, 0.3) is 11.8 Å². The van der Waals surface area contributed by atoms with Crippen molar-refractivity contribution >= 4 is 66.6 Å². The van der Waals surface area contributed by atoms with E-state index >= 15 is 0 Å². The first-order valence-corrected chi connectivity index (χ1v) is 17.6. The second-order valence-corrected chi connectivity index (χ2v) is 14.0. The zero-order valence-corrected chi connectivity index (χ0v) is 28.9. The number of ether oxygens (including phenoxy) is 2. The number of fused-ring (bicyclic) bond motifs is 2. The first-order valence-electron chi connectivity index (χ1n) is 15.9. The maximum Gasteiger partial charge on any atom is 0.341 e. The van der Waals surface area contributed by atoms with Crippen LogP contribution in [-0.4, -0.2) is 66.1 Å². The van der Waals surface area contributed by atoms with Crippen molar-refractivity contribution < 1.29 is 38.9 Å². The smallest absolute Gasteiger partial charge is 0.341 e. The number of carbonyl (C=O) groups is 4. The lowest BCUT2D eigenvalue weighted by molar-refractivity contribution is -0.139. The molecule has 10 nitrogen and oxygen atoms in total. The van der Waals surface area contributed by atoms with Gasteiger partial charge in [0.05, 0.1) is 5.56 Å². The number of carboxylic acids is 2. The van der Waals surface area contributed by atoms with E-state index < -0.39 is 18.5 Å². The molecule has 3 N–H and O–H groups in total. The van der Waals surface area contributed by atoms with E-state index in [1.165, 1.54) is 46.8 Å². The SMILES string of the molecule is CN(C)C(=O)c1sc2ccccc2c1OCc1ccc(C(=O)O)cc1.O=C(O)COc1c(C(=O)NCC2CCCCC2)sc2ccccc12. The third-order valence-electron chi connectivity index (χ3n) is 8.11. The highest BCUT2D eigenvalue weighted by molar-refractivity contribution is 7.21. The van der Waals surface area contributed by atoms with Crippen LogP contribution in [-0.2, 0) is 11.4 Å². The van der Waals surface area contributed by atoms with Crippen molar-refractivity contribution in [3.8, 4) is 11.5 Å². The maximum absolute atomic E-state index is 12.6. The molecule has 6 rings (SSSR count). The van der Waals surface area contributed by atoms with Crippen molar-refractivity contribution in [2.24, 2.45) is 5.92 Å². The Labute approximate surface area is 291 Å². The van der Waals surface area contributed by atoms with Gasteiger partial charge in [0.1, 0.15) is 16.4 Å². The molecule has 0 radical (unpaired) electrons. The molecule has 0 unspecified atom stereocenters. The monoisotopic (exact) mass is 702 g/mol. The number of thiophene rings is 2. The molecule has 2 heterocycles. The van der Waals surface area contributed by atoms with Gasteiger partial charge >= 0.3 is 11.9 Å². The molecule has 1 aliphatic carbocycles. The summed E-state index contributed by atoms with van der Waals surface area (Å²) in [5.41, 5.74) is 1.07. The highest BCUT2D eigenvalue weighted by atomic mass is 32.1. The average molecular weight is 703 g/mol. The summed E-state index contributed by atoms with van der Waals surface area (Å²) in [7, 11) is 3.42. The number of nitrogens with zero attached hydrogens (tertiary/aromatic N) is 1. The summed E-state index contributed by atoms with van der Waals surface area (Å²) in [6, 6.07) is 21.7. The number of carbonyl (C=O) groups excluding carboxylic acids is 2. The van der Waals surface area contributed by atoms with Crippen molar-refractivity contribution in [1.82, 2.24) is 10.2 Å². The zero-order chi connectivity index (χ0) is 34.9. The fourth-order valence-corrected chi connectivity index (χ4v) is 7.80. The van der Waals surface area contributed by atoms with Crippen LogP contribution < -0.4 is 14.8 Å². The Balaban J connectivity index is 0.000000191. The van der Waals surface area contributed by atoms with E-state index in [1.54, 1.807) is 38.4 Å². The van der Waals surface area contributed by atoms with E-state index in [9.17, 15) is 19.2 Å². The van der Waals surface area contributed by atoms with Crippen LogP contribution in [0.25, 0.3) is 20.2 Å². The molecule has 0 spiro atoms. The normalized spacial score (nSPS) is 12.9. The molecule has 0 atom stereocenters. The number of amides is 2. The molecule has 12 heteroatoms. The van der Waals surface area contributed by atoms with Gasteiger partial charge in [-0.1, -0.05) is 55.7 Å². The molecule has 1 aliphatic rings. The fourth-order valence-electron chi connectivity index (χ4n) is 5.57. The van der Waals surface area contributed by atoms with Gasteiger partial charge in [0, 0.05) is 40.8 Å². The number of hydrogen-bond acceptors (Lipinski definition) is 8. The lowest BCUT2D eigenvalue weighted by Gasteiger charge is -2.21. The van der Waals surface area contributed by atoms with Gasteiger partial charge in [-0.2, -0.15) is 0 Å².